The average Bonchev–Trinajstić information content (AvgIpc) is 2.67. The molecular weight excluding hydrogens is 326 g/mol. The summed E-state index contributed by atoms with van der Waals surface area (Å²) in [7, 11) is 1.71. The number of hydrogen-bond acceptors (Lipinski definition) is 4. The fraction of sp³-hybridized carbons (Fsp3) is 0.650. The van der Waals surface area contributed by atoms with Crippen LogP contribution in [0.4, 0.5) is 0 Å². The second kappa shape index (κ2) is 12.7. The molecule has 0 atom stereocenters. The zero-order valence-corrected chi connectivity index (χ0v) is 16.4. The molecule has 146 valence electrons. The molecule has 1 heterocycles. The molecule has 1 aliphatic rings. The number of aliphatic imine (C=N–C) groups is 1. The summed E-state index contributed by atoms with van der Waals surface area (Å²) in [6.07, 6.45) is 1.10. The van der Waals surface area contributed by atoms with E-state index in [1.165, 1.54) is 5.56 Å². The lowest BCUT2D eigenvalue weighted by atomic mass is 10.2. The van der Waals surface area contributed by atoms with Gasteiger partial charge in [0.15, 0.2) is 5.96 Å². The molecule has 1 saturated heterocycles. The summed E-state index contributed by atoms with van der Waals surface area (Å²) in [5.41, 5.74) is 1.41. The molecule has 1 aliphatic heterocycles. The lowest BCUT2D eigenvalue weighted by Crippen LogP contribution is -2.46. The SMILES string of the molecule is CCNC(=NCCCN1CCN(Cc2ccccc2)CC1)NCCOC. The Morgan fingerprint density at radius 1 is 1.08 bits per heavy atom. The highest BCUT2D eigenvalue weighted by Crippen LogP contribution is 2.08. The van der Waals surface area contributed by atoms with Crippen molar-refractivity contribution in [1.29, 1.82) is 0 Å². The highest BCUT2D eigenvalue weighted by molar-refractivity contribution is 5.79. The van der Waals surface area contributed by atoms with Crippen molar-refractivity contribution in [1.82, 2.24) is 20.4 Å². The van der Waals surface area contributed by atoms with Crippen molar-refractivity contribution >= 4 is 5.96 Å². The standard InChI is InChI=1S/C20H35N5O/c1-3-21-20(23-11-17-26-2)22-10-7-12-24-13-15-25(16-14-24)18-19-8-5-4-6-9-19/h4-6,8-9H,3,7,10-18H2,1-2H3,(H2,21,22,23). The molecule has 0 unspecified atom stereocenters. The Morgan fingerprint density at radius 3 is 2.50 bits per heavy atom. The van der Waals surface area contributed by atoms with E-state index in [4.69, 9.17) is 4.74 Å². The van der Waals surface area contributed by atoms with Crippen molar-refractivity contribution in [2.24, 2.45) is 4.99 Å². The minimum absolute atomic E-state index is 0.692. The number of hydrogen-bond donors (Lipinski definition) is 2. The summed E-state index contributed by atoms with van der Waals surface area (Å²) >= 11 is 0. The molecule has 1 aromatic carbocycles. The van der Waals surface area contributed by atoms with Crippen LogP contribution in [0, 0.1) is 0 Å². The van der Waals surface area contributed by atoms with Gasteiger partial charge in [-0.3, -0.25) is 9.89 Å². The van der Waals surface area contributed by atoms with Crippen LogP contribution in [-0.4, -0.2) is 81.8 Å². The van der Waals surface area contributed by atoms with E-state index >= 15 is 0 Å². The second-order valence-electron chi connectivity index (χ2n) is 6.64. The second-order valence-corrected chi connectivity index (χ2v) is 6.64. The number of ether oxygens (including phenoxy) is 1. The topological polar surface area (TPSA) is 52.1 Å². The number of rotatable bonds is 10. The maximum absolute atomic E-state index is 5.07. The molecule has 6 nitrogen and oxygen atoms in total. The Kier molecular flexibility index (Phi) is 10.1. The molecular formula is C20H35N5O. The van der Waals surface area contributed by atoms with Gasteiger partial charge >= 0.3 is 0 Å². The van der Waals surface area contributed by atoms with Gasteiger partial charge in [-0.05, 0) is 18.9 Å². The average molecular weight is 362 g/mol. The molecule has 0 saturated carbocycles. The van der Waals surface area contributed by atoms with Crippen LogP contribution >= 0.6 is 0 Å². The van der Waals surface area contributed by atoms with Crippen LogP contribution in [0.25, 0.3) is 0 Å². The van der Waals surface area contributed by atoms with Crippen LogP contribution in [0.5, 0.6) is 0 Å². The van der Waals surface area contributed by atoms with Gasteiger partial charge in [0.2, 0.25) is 0 Å². The van der Waals surface area contributed by atoms with E-state index in [1.54, 1.807) is 7.11 Å². The van der Waals surface area contributed by atoms with Crippen molar-refractivity contribution in [3.63, 3.8) is 0 Å². The fourth-order valence-electron chi connectivity index (χ4n) is 3.11. The maximum Gasteiger partial charge on any atom is 0.191 e. The van der Waals surface area contributed by atoms with Crippen LogP contribution in [-0.2, 0) is 11.3 Å². The minimum atomic E-state index is 0.692. The molecule has 2 rings (SSSR count). The summed E-state index contributed by atoms with van der Waals surface area (Å²) < 4.78 is 5.07. The van der Waals surface area contributed by atoms with Crippen LogP contribution in [0.15, 0.2) is 35.3 Å². The summed E-state index contributed by atoms with van der Waals surface area (Å²) in [6.45, 7) is 12.1. The van der Waals surface area contributed by atoms with Crippen molar-refractivity contribution in [3.05, 3.63) is 35.9 Å². The normalized spacial score (nSPS) is 16.6. The first-order valence-electron chi connectivity index (χ1n) is 9.81. The number of piperazine rings is 1. The Balaban J connectivity index is 1.60. The number of methoxy groups -OCH3 is 1. The summed E-state index contributed by atoms with van der Waals surface area (Å²) in [5, 5.41) is 6.55. The molecule has 0 radical (unpaired) electrons. The van der Waals surface area contributed by atoms with Gasteiger partial charge in [-0.1, -0.05) is 30.3 Å². The molecule has 0 aromatic heterocycles. The summed E-state index contributed by atoms with van der Waals surface area (Å²) in [4.78, 5) is 9.75. The van der Waals surface area contributed by atoms with Gasteiger partial charge in [0, 0.05) is 66.0 Å². The summed E-state index contributed by atoms with van der Waals surface area (Å²) in [5.74, 6) is 0.886. The highest BCUT2D eigenvalue weighted by atomic mass is 16.5. The van der Waals surface area contributed by atoms with Gasteiger partial charge in [0.05, 0.1) is 6.61 Å². The van der Waals surface area contributed by atoms with Gasteiger partial charge in [0.1, 0.15) is 0 Å². The first-order valence-corrected chi connectivity index (χ1v) is 9.81. The van der Waals surface area contributed by atoms with E-state index < -0.39 is 0 Å². The van der Waals surface area contributed by atoms with Crippen molar-refractivity contribution < 1.29 is 4.74 Å². The third kappa shape index (κ3) is 8.17. The minimum Gasteiger partial charge on any atom is -0.383 e. The van der Waals surface area contributed by atoms with Crippen LogP contribution in [0.2, 0.25) is 0 Å². The number of benzene rings is 1. The predicted octanol–water partition coefficient (Wildman–Crippen LogP) is 1.40. The van der Waals surface area contributed by atoms with Crippen LogP contribution in [0.3, 0.4) is 0 Å². The van der Waals surface area contributed by atoms with Crippen LogP contribution < -0.4 is 10.6 Å². The maximum atomic E-state index is 5.07. The van der Waals surface area contributed by atoms with E-state index in [0.717, 1.165) is 71.3 Å². The Hall–Kier alpha value is -1.63. The van der Waals surface area contributed by atoms with Gasteiger partial charge in [-0.2, -0.15) is 0 Å². The zero-order valence-electron chi connectivity index (χ0n) is 16.4. The van der Waals surface area contributed by atoms with Gasteiger partial charge in [-0.25, -0.2) is 0 Å². The predicted molar refractivity (Wildman–Crippen MR) is 109 cm³/mol. The number of guanidine groups is 1. The van der Waals surface area contributed by atoms with E-state index in [1.807, 2.05) is 0 Å². The molecule has 26 heavy (non-hydrogen) atoms. The molecule has 6 heteroatoms. The van der Waals surface area contributed by atoms with E-state index in [2.05, 4.69) is 62.7 Å². The molecule has 1 aromatic rings. The van der Waals surface area contributed by atoms with Gasteiger partial charge in [0.25, 0.3) is 0 Å². The quantitative estimate of drug-likeness (QED) is 0.375. The molecule has 0 aliphatic carbocycles. The largest absolute Gasteiger partial charge is 0.383 e. The Labute approximate surface area is 158 Å². The molecule has 0 amide bonds. The highest BCUT2D eigenvalue weighted by Gasteiger charge is 2.16. The fourth-order valence-corrected chi connectivity index (χ4v) is 3.11. The van der Waals surface area contributed by atoms with Crippen molar-refractivity contribution in [2.75, 3.05) is 66.1 Å². The monoisotopic (exact) mass is 361 g/mol. The lowest BCUT2D eigenvalue weighted by Gasteiger charge is -2.34. The van der Waals surface area contributed by atoms with Crippen molar-refractivity contribution in [3.8, 4) is 0 Å². The van der Waals surface area contributed by atoms with Crippen molar-refractivity contribution in [2.45, 2.75) is 19.9 Å². The van der Waals surface area contributed by atoms with E-state index in [-0.39, 0.29) is 0 Å². The molecule has 0 spiro atoms. The number of nitrogens with one attached hydrogen (secondary N) is 2. The van der Waals surface area contributed by atoms with Gasteiger partial charge < -0.3 is 20.3 Å². The van der Waals surface area contributed by atoms with E-state index in [9.17, 15) is 0 Å². The van der Waals surface area contributed by atoms with E-state index in [0.29, 0.717) is 6.61 Å². The Morgan fingerprint density at radius 2 is 1.81 bits per heavy atom. The molecule has 1 fully saturated rings. The van der Waals surface area contributed by atoms with Gasteiger partial charge in [-0.15, -0.1) is 0 Å². The molecule has 2 N–H and O–H groups in total. The summed E-state index contributed by atoms with van der Waals surface area (Å²) in [6, 6.07) is 10.8. The third-order valence-electron chi connectivity index (χ3n) is 4.56. The lowest BCUT2D eigenvalue weighted by molar-refractivity contribution is 0.127. The Bertz CT molecular complexity index is 500. The molecule has 0 bridgehead atoms. The first kappa shape index (κ1) is 20.7. The zero-order chi connectivity index (χ0) is 18.5. The van der Waals surface area contributed by atoms with Crippen LogP contribution in [0.1, 0.15) is 18.9 Å². The third-order valence-corrected chi connectivity index (χ3v) is 4.56. The number of nitrogens with zero attached hydrogens (tertiary/aromatic N) is 3. The smallest absolute Gasteiger partial charge is 0.191 e. The first-order chi connectivity index (χ1) is 12.8.